The zero-order valence-corrected chi connectivity index (χ0v) is 36.5. The van der Waals surface area contributed by atoms with Gasteiger partial charge in [-0.3, -0.25) is 0 Å². The Hall–Kier alpha value is -7.36. The number of ether oxygens (including phenoxy) is 2. The molecular formula is C69H12O2. The molecule has 11 aliphatic rings. The molecule has 2 nitrogen and oxygen atoms in total. The number of benzene rings is 17. The minimum Gasteiger partial charge on any atom is -0.369 e. The first-order valence-corrected chi connectivity index (χ1v) is 27.7. The molecule has 0 amide bonds. The molecule has 4 unspecified atom stereocenters. The Morgan fingerprint density at radius 2 is 0.408 bits per heavy atom. The van der Waals surface area contributed by atoms with Crippen LogP contribution in [0.2, 0.25) is 0 Å². The largest absolute Gasteiger partial charge is 0.369 e. The van der Waals surface area contributed by atoms with Gasteiger partial charge in [0.1, 0.15) is 0 Å². The van der Waals surface area contributed by atoms with Crippen LogP contribution in [0, 0.1) is 0 Å². The number of rotatable bonds is 0. The van der Waals surface area contributed by atoms with E-state index in [0.29, 0.717) is 0 Å². The van der Waals surface area contributed by atoms with Crippen LogP contribution in [0.5, 0.6) is 0 Å². The summed E-state index contributed by atoms with van der Waals surface area (Å²) >= 11 is 0. The van der Waals surface area contributed by atoms with Crippen LogP contribution in [0.3, 0.4) is 0 Å². The predicted octanol–water partition coefficient (Wildman–Crippen LogP) is 16.4. The summed E-state index contributed by atoms with van der Waals surface area (Å²) in [5, 5.41) is 85.1. The van der Waals surface area contributed by atoms with Crippen LogP contribution < -0.4 is 0 Å². The third-order valence-electron chi connectivity index (χ3n) is 29.6. The second kappa shape index (κ2) is 5.42. The summed E-state index contributed by atoms with van der Waals surface area (Å²) in [5.74, 6) is 0. The second-order valence-corrected chi connectivity index (χ2v) is 28.6. The zero-order chi connectivity index (χ0) is 41.4. The van der Waals surface area contributed by atoms with E-state index in [4.69, 9.17) is 9.47 Å². The molecule has 4 saturated heterocycles. The van der Waals surface area contributed by atoms with Crippen LogP contribution in [-0.4, -0.2) is 23.4 Å². The van der Waals surface area contributed by atoms with Gasteiger partial charge in [0.05, 0.1) is 45.1 Å². The molecule has 26 aromatic carbocycles. The lowest BCUT2D eigenvalue weighted by molar-refractivity contribution is -0.0540. The van der Waals surface area contributed by atoms with E-state index in [0.717, 1.165) is 6.42 Å². The monoisotopic (exact) mass is 872 g/mol. The van der Waals surface area contributed by atoms with Crippen LogP contribution in [0.4, 0.5) is 0 Å². The Kier molecular flexibility index (Phi) is 1.96. The van der Waals surface area contributed by atoms with Gasteiger partial charge in [-0.2, -0.15) is 0 Å². The van der Waals surface area contributed by atoms with Crippen molar-refractivity contribution in [1.82, 2.24) is 0 Å². The average molecular weight is 873 g/mol. The van der Waals surface area contributed by atoms with Crippen molar-refractivity contribution in [3.8, 4) is 0 Å². The molecule has 0 aromatic heterocycles. The van der Waals surface area contributed by atoms with Gasteiger partial charge in [0.15, 0.2) is 0 Å². The lowest BCUT2D eigenvalue weighted by atomic mass is 9.28. The van der Waals surface area contributed by atoms with Gasteiger partial charge in [0, 0.05) is 6.42 Å². The highest BCUT2D eigenvalue weighted by Gasteiger charge is 3.03. The molecule has 26 aromatic rings. The van der Waals surface area contributed by atoms with E-state index >= 15 is 0 Å². The SMILES string of the molecule is C1C[C@]23C[C@@]45CC[C@@H](O4)C46c7c8c9c%10c%11c%12c%13c%14c%15c(c%16c%17c4c4c7c7c9c9c%18c%10c%10c%12c%12c%13c%13c%15c%15c%16c%16c%17c%17c4c4c7c9c7c9c%18c%10c%10c%12c%12c%13c%15c%13c%16c%15c%17c4c7c4c%15c%13c%12c%10c94)C65C%142C8%11[C@H]1O3. The van der Waals surface area contributed by atoms with Crippen molar-refractivity contribution in [3.05, 3.63) is 33.4 Å². The Bertz CT molecular complexity index is 7100. The summed E-state index contributed by atoms with van der Waals surface area (Å²) in [4.78, 5) is 0. The highest BCUT2D eigenvalue weighted by Crippen LogP contribution is 3.00. The minimum absolute atomic E-state index is 0.174. The number of hydrogen-bond donors (Lipinski definition) is 0. The summed E-state index contributed by atoms with van der Waals surface area (Å²) in [7, 11) is 0. The quantitative estimate of drug-likeness (QED) is 0.141. The van der Waals surface area contributed by atoms with Crippen LogP contribution in [0.25, 0.3) is 269 Å². The summed E-state index contributed by atoms with van der Waals surface area (Å²) < 4.78 is 17.2. The van der Waals surface area contributed by atoms with Gasteiger partial charge in [-0.15, -0.1) is 0 Å². The van der Waals surface area contributed by atoms with E-state index in [-0.39, 0.29) is 45.1 Å². The van der Waals surface area contributed by atoms with Crippen LogP contribution in [-0.2, 0) is 31.1 Å². The third kappa shape index (κ3) is 1.20. The fraction of sp³-hybridized carbons (Fsp3) is 0.188. The van der Waals surface area contributed by atoms with E-state index < -0.39 is 0 Å². The molecule has 0 N–H and O–H groups in total. The fourth-order valence-corrected chi connectivity index (χ4v) is 30.8. The number of hydrogen-bond acceptors (Lipinski definition) is 2. The summed E-state index contributed by atoms with van der Waals surface area (Å²) in [6, 6.07) is 0. The molecule has 4 heterocycles. The van der Waals surface area contributed by atoms with Gasteiger partial charge in [0.2, 0.25) is 0 Å². The topological polar surface area (TPSA) is 18.5 Å². The van der Waals surface area contributed by atoms with Crippen molar-refractivity contribution < 1.29 is 9.47 Å². The average Bonchev–Trinajstić information content (AvgIpc) is 2.51. The first-order valence-electron chi connectivity index (χ1n) is 27.7. The minimum atomic E-state index is -0.277. The Balaban J connectivity index is 1.18. The van der Waals surface area contributed by atoms with Crippen molar-refractivity contribution >= 4 is 269 Å². The molecule has 8 atom stereocenters. The maximum Gasteiger partial charge on any atom is 0.0835 e. The maximum atomic E-state index is 8.62. The van der Waals surface area contributed by atoms with Gasteiger partial charge in [-0.25, -0.2) is 0 Å². The van der Waals surface area contributed by atoms with E-state index in [1.807, 2.05) is 33.4 Å². The first kappa shape index (κ1) is 25.7. The van der Waals surface area contributed by atoms with Crippen molar-refractivity contribution in [2.75, 3.05) is 0 Å². The van der Waals surface area contributed by atoms with Crippen molar-refractivity contribution in [1.29, 1.82) is 0 Å². The Labute approximate surface area is 387 Å². The molecule has 6 spiro atoms. The summed E-state index contributed by atoms with van der Waals surface area (Å²) in [5.41, 5.74) is 9.47. The summed E-state index contributed by atoms with van der Waals surface area (Å²) in [6.45, 7) is 0. The van der Waals surface area contributed by atoms with Crippen molar-refractivity contribution in [3.63, 3.8) is 0 Å². The Morgan fingerprint density at radius 1 is 0.211 bits per heavy atom. The lowest BCUT2D eigenvalue weighted by Crippen LogP contribution is -2.77. The molecule has 4 aliphatic heterocycles. The molecular weight excluding hydrogens is 861 g/mol. The zero-order valence-electron chi connectivity index (χ0n) is 36.5. The Morgan fingerprint density at radius 3 is 0.662 bits per heavy atom. The third-order valence-corrected chi connectivity index (χ3v) is 29.6. The second-order valence-electron chi connectivity index (χ2n) is 28.6. The first-order chi connectivity index (χ1) is 35.3. The summed E-state index contributed by atoms with van der Waals surface area (Å²) in [6.07, 6.45) is 6.17. The van der Waals surface area contributed by atoms with E-state index in [1.54, 1.807) is 269 Å². The maximum absolute atomic E-state index is 8.62. The molecule has 71 heavy (non-hydrogen) atoms. The standard InChI is InChI=1S/C69H12O2/c1-3-64-5-65-4-2-7(71-65)67-59-50-43-35-26-18-11-9-8-10-12-13(11)20-24(18)37(43)45-39-28(20)27-19(12)23-17(10)25-21-14(8)16-15(9)22(26)31-33-29(16)32-30(21)40-34(25)42-36(23)44-38(27)48(39)57-60-53(44)49(42)58-51(40)55-46(32)47(33)56(52(59)41(31)35)63(67)62(55)66(58,6(1)70-64)68(60,64)69(65,67)61(57)54(45)50/h6-7H,1-5H2/t6-,7+,64-,65+,66?,67?,68?,69?. The van der Waals surface area contributed by atoms with Gasteiger partial charge in [0.25, 0.3) is 0 Å². The van der Waals surface area contributed by atoms with Gasteiger partial charge in [-0.05, 0) is 328 Å². The molecule has 5 fully saturated rings. The van der Waals surface area contributed by atoms with Crippen LogP contribution in [0.1, 0.15) is 65.5 Å². The van der Waals surface area contributed by atoms with Crippen molar-refractivity contribution in [2.45, 2.75) is 77.2 Å². The van der Waals surface area contributed by atoms with Gasteiger partial charge in [-0.1, -0.05) is 0 Å². The van der Waals surface area contributed by atoms with Crippen LogP contribution >= 0.6 is 0 Å². The van der Waals surface area contributed by atoms with Gasteiger partial charge >= 0.3 is 0 Å². The van der Waals surface area contributed by atoms with E-state index in [2.05, 4.69) is 0 Å². The van der Waals surface area contributed by atoms with Gasteiger partial charge < -0.3 is 9.47 Å². The molecule has 4 bridgehead atoms. The molecule has 2 heteroatoms. The van der Waals surface area contributed by atoms with Crippen molar-refractivity contribution in [2.24, 2.45) is 0 Å². The molecule has 0 radical (unpaired) electrons. The lowest BCUT2D eigenvalue weighted by Gasteiger charge is -2.69. The highest BCUT2D eigenvalue weighted by atomic mass is 16.6. The molecule has 1 saturated carbocycles. The van der Waals surface area contributed by atoms with Crippen LogP contribution in [0.15, 0.2) is 0 Å². The number of fused-ring (bicyclic) bond motifs is 2. The van der Waals surface area contributed by atoms with E-state index in [9.17, 15) is 0 Å². The molecule has 7 aliphatic carbocycles. The fourth-order valence-electron chi connectivity index (χ4n) is 30.8. The predicted molar refractivity (Wildman–Crippen MR) is 287 cm³/mol. The smallest absolute Gasteiger partial charge is 0.0835 e. The molecule has 300 valence electrons. The highest BCUT2D eigenvalue weighted by molar-refractivity contribution is 6.81. The van der Waals surface area contributed by atoms with E-state index in [1.165, 1.54) is 25.7 Å². The normalized spacial score (nSPS) is 35.8. The molecule has 37 rings (SSSR count).